The van der Waals surface area contributed by atoms with Gasteiger partial charge in [-0.1, -0.05) is 71.4 Å². The fourth-order valence-corrected chi connectivity index (χ4v) is 4.80. The molecule has 1 aliphatic rings. The fourth-order valence-electron chi connectivity index (χ4n) is 3.14. The SMILES string of the molecule is Cc1ccc(N2C(=O)/C(=C/c3ccc(OCC(=O)Nc4cccc(Cl)c4)cc3)SC2=S)cc1Cl. The Hall–Kier alpha value is -2.84. The van der Waals surface area contributed by atoms with Gasteiger partial charge in [0.05, 0.1) is 10.6 Å². The van der Waals surface area contributed by atoms with E-state index in [0.717, 1.165) is 11.1 Å². The maximum Gasteiger partial charge on any atom is 0.270 e. The number of amides is 2. The van der Waals surface area contributed by atoms with Crippen LogP contribution >= 0.6 is 47.2 Å². The fraction of sp³-hybridized carbons (Fsp3) is 0.0800. The summed E-state index contributed by atoms with van der Waals surface area (Å²) in [5.74, 6) is 0.0272. The van der Waals surface area contributed by atoms with Gasteiger partial charge in [0.25, 0.3) is 11.8 Å². The van der Waals surface area contributed by atoms with Crippen molar-refractivity contribution in [3.63, 3.8) is 0 Å². The van der Waals surface area contributed by atoms with Gasteiger partial charge >= 0.3 is 0 Å². The average Bonchev–Trinajstić information content (AvgIpc) is 3.08. The second-order valence-corrected chi connectivity index (χ2v) is 9.89. The van der Waals surface area contributed by atoms with Crippen LogP contribution in [0.25, 0.3) is 6.08 Å². The summed E-state index contributed by atoms with van der Waals surface area (Å²) in [6, 6.07) is 19.4. The van der Waals surface area contributed by atoms with Gasteiger partial charge in [0, 0.05) is 15.7 Å². The van der Waals surface area contributed by atoms with Crippen LogP contribution < -0.4 is 15.0 Å². The van der Waals surface area contributed by atoms with E-state index in [1.54, 1.807) is 60.7 Å². The highest BCUT2D eigenvalue weighted by Crippen LogP contribution is 2.37. The lowest BCUT2D eigenvalue weighted by Gasteiger charge is -2.15. The minimum absolute atomic E-state index is 0.149. The van der Waals surface area contributed by atoms with E-state index in [0.29, 0.717) is 36.4 Å². The molecule has 1 N–H and O–H groups in total. The molecule has 0 saturated carbocycles. The number of halogens is 2. The van der Waals surface area contributed by atoms with E-state index in [4.69, 9.17) is 40.2 Å². The predicted molar refractivity (Wildman–Crippen MR) is 144 cm³/mol. The topological polar surface area (TPSA) is 58.6 Å². The Labute approximate surface area is 216 Å². The van der Waals surface area contributed by atoms with Gasteiger partial charge in [0.2, 0.25) is 0 Å². The summed E-state index contributed by atoms with van der Waals surface area (Å²) in [7, 11) is 0. The van der Waals surface area contributed by atoms with E-state index in [-0.39, 0.29) is 18.4 Å². The normalized spacial score (nSPS) is 14.6. The van der Waals surface area contributed by atoms with Gasteiger partial charge < -0.3 is 10.1 Å². The number of thiocarbonyl (C=S) groups is 1. The molecule has 0 aromatic heterocycles. The highest BCUT2D eigenvalue weighted by atomic mass is 35.5. The van der Waals surface area contributed by atoms with Gasteiger partial charge in [-0.05, 0) is 66.6 Å². The van der Waals surface area contributed by atoms with Crippen LogP contribution in [0.4, 0.5) is 11.4 Å². The Balaban J connectivity index is 1.38. The number of nitrogens with zero attached hydrogens (tertiary/aromatic N) is 1. The van der Waals surface area contributed by atoms with Crippen molar-refractivity contribution in [3.8, 4) is 5.75 Å². The molecule has 2 amide bonds. The van der Waals surface area contributed by atoms with Crippen molar-refractivity contribution in [2.75, 3.05) is 16.8 Å². The zero-order valence-corrected chi connectivity index (χ0v) is 21.0. The first-order valence-corrected chi connectivity index (χ1v) is 12.1. The summed E-state index contributed by atoms with van der Waals surface area (Å²) in [6.45, 7) is 1.75. The third-order valence-corrected chi connectivity index (χ3v) is 6.81. The molecule has 0 radical (unpaired) electrons. The lowest BCUT2D eigenvalue weighted by Crippen LogP contribution is -2.27. The van der Waals surface area contributed by atoms with Crippen molar-refractivity contribution in [2.24, 2.45) is 0 Å². The van der Waals surface area contributed by atoms with Crippen LogP contribution in [0.15, 0.2) is 71.6 Å². The number of hydrogen-bond donors (Lipinski definition) is 1. The Morgan fingerprint density at radius 1 is 1.12 bits per heavy atom. The molecule has 0 bridgehead atoms. The number of benzene rings is 3. The molecule has 1 aliphatic heterocycles. The molecule has 34 heavy (non-hydrogen) atoms. The first-order chi connectivity index (χ1) is 16.3. The zero-order valence-electron chi connectivity index (χ0n) is 17.9. The van der Waals surface area contributed by atoms with E-state index in [1.165, 1.54) is 16.7 Å². The Kier molecular flexibility index (Phi) is 7.58. The largest absolute Gasteiger partial charge is 0.484 e. The number of carbonyl (C=O) groups excluding carboxylic acids is 2. The molecule has 0 spiro atoms. The monoisotopic (exact) mass is 528 g/mol. The average molecular weight is 529 g/mol. The molecule has 0 atom stereocenters. The quantitative estimate of drug-likeness (QED) is 0.284. The molecular formula is C25H18Cl2N2O3S2. The van der Waals surface area contributed by atoms with Crippen LogP contribution in [0.5, 0.6) is 5.75 Å². The maximum absolute atomic E-state index is 13.0. The second-order valence-electron chi connectivity index (χ2n) is 7.37. The minimum Gasteiger partial charge on any atom is -0.484 e. The number of carbonyl (C=O) groups is 2. The maximum atomic E-state index is 13.0. The van der Waals surface area contributed by atoms with E-state index in [2.05, 4.69) is 5.32 Å². The van der Waals surface area contributed by atoms with Gasteiger partial charge in [-0.3, -0.25) is 14.5 Å². The van der Waals surface area contributed by atoms with Crippen molar-refractivity contribution < 1.29 is 14.3 Å². The lowest BCUT2D eigenvalue weighted by atomic mass is 10.2. The first-order valence-electron chi connectivity index (χ1n) is 10.1. The van der Waals surface area contributed by atoms with Crippen LogP contribution in [-0.2, 0) is 9.59 Å². The first kappa shape index (κ1) is 24.3. The van der Waals surface area contributed by atoms with E-state index >= 15 is 0 Å². The Morgan fingerprint density at radius 3 is 2.59 bits per heavy atom. The number of aryl methyl sites for hydroxylation is 1. The lowest BCUT2D eigenvalue weighted by molar-refractivity contribution is -0.118. The number of hydrogen-bond acceptors (Lipinski definition) is 5. The van der Waals surface area contributed by atoms with E-state index < -0.39 is 0 Å². The summed E-state index contributed by atoms with van der Waals surface area (Å²) in [6.07, 6.45) is 1.77. The van der Waals surface area contributed by atoms with Crippen molar-refractivity contribution in [2.45, 2.75) is 6.92 Å². The Morgan fingerprint density at radius 2 is 1.88 bits per heavy atom. The number of anilines is 2. The highest BCUT2D eigenvalue weighted by Gasteiger charge is 2.33. The third kappa shape index (κ3) is 5.80. The molecule has 0 aliphatic carbocycles. The summed E-state index contributed by atoms with van der Waals surface area (Å²) in [4.78, 5) is 27.0. The van der Waals surface area contributed by atoms with Gasteiger partial charge in [-0.25, -0.2) is 0 Å². The molecule has 1 fully saturated rings. The summed E-state index contributed by atoms with van der Waals surface area (Å²) >= 11 is 18.8. The van der Waals surface area contributed by atoms with Gasteiger partial charge in [-0.15, -0.1) is 0 Å². The van der Waals surface area contributed by atoms with E-state index in [1.807, 2.05) is 19.1 Å². The molecule has 1 heterocycles. The van der Waals surface area contributed by atoms with Crippen LogP contribution in [0.3, 0.4) is 0 Å². The third-order valence-electron chi connectivity index (χ3n) is 4.86. The summed E-state index contributed by atoms with van der Waals surface area (Å²) < 4.78 is 6.00. The van der Waals surface area contributed by atoms with Crippen molar-refractivity contribution >= 4 is 80.8 Å². The number of thioether (sulfide) groups is 1. The van der Waals surface area contributed by atoms with E-state index in [9.17, 15) is 9.59 Å². The number of rotatable bonds is 6. The molecule has 172 valence electrons. The zero-order chi connectivity index (χ0) is 24.2. The molecule has 3 aromatic rings. The van der Waals surface area contributed by atoms with Crippen LogP contribution in [0.2, 0.25) is 10.0 Å². The van der Waals surface area contributed by atoms with Gasteiger partial charge in [-0.2, -0.15) is 0 Å². The molecule has 3 aromatic carbocycles. The van der Waals surface area contributed by atoms with Crippen LogP contribution in [0.1, 0.15) is 11.1 Å². The molecule has 4 rings (SSSR count). The smallest absolute Gasteiger partial charge is 0.270 e. The van der Waals surface area contributed by atoms with Gasteiger partial charge in [0.1, 0.15) is 5.75 Å². The van der Waals surface area contributed by atoms with Crippen molar-refractivity contribution in [3.05, 3.63) is 92.8 Å². The number of ether oxygens (including phenoxy) is 1. The van der Waals surface area contributed by atoms with Crippen molar-refractivity contribution in [1.82, 2.24) is 0 Å². The molecule has 5 nitrogen and oxygen atoms in total. The standard InChI is InChI=1S/C25H18Cl2N2O3S2/c1-15-5-8-19(13-21(15)27)29-24(31)22(34-25(29)33)11-16-6-9-20(10-7-16)32-14-23(30)28-18-4-2-3-17(26)12-18/h2-13H,14H2,1H3,(H,28,30)/b22-11-. The molecule has 0 unspecified atom stereocenters. The predicted octanol–water partition coefficient (Wildman–Crippen LogP) is 6.73. The molecule has 9 heteroatoms. The second kappa shape index (κ2) is 10.6. The molecular weight excluding hydrogens is 511 g/mol. The van der Waals surface area contributed by atoms with Crippen LogP contribution in [0, 0.1) is 6.92 Å². The highest BCUT2D eigenvalue weighted by molar-refractivity contribution is 8.27. The van der Waals surface area contributed by atoms with Crippen LogP contribution in [-0.4, -0.2) is 22.7 Å². The Bertz CT molecular complexity index is 1310. The summed E-state index contributed by atoms with van der Waals surface area (Å²) in [5, 5.41) is 3.83. The minimum atomic E-state index is -0.300. The number of nitrogens with one attached hydrogen (secondary N) is 1. The molecule has 1 saturated heterocycles. The summed E-state index contributed by atoms with van der Waals surface area (Å²) in [5.41, 5.74) is 2.97. The van der Waals surface area contributed by atoms with Crippen molar-refractivity contribution in [1.29, 1.82) is 0 Å². The van der Waals surface area contributed by atoms with Gasteiger partial charge in [0.15, 0.2) is 10.9 Å².